The van der Waals surface area contributed by atoms with Gasteiger partial charge >= 0.3 is 0 Å². The molecule has 0 saturated carbocycles. The Bertz CT molecular complexity index is 376. The van der Waals surface area contributed by atoms with Crippen molar-refractivity contribution in [3.63, 3.8) is 0 Å². The monoisotopic (exact) mass is 212 g/mol. The summed E-state index contributed by atoms with van der Waals surface area (Å²) in [5, 5.41) is 0. The van der Waals surface area contributed by atoms with Crippen molar-refractivity contribution < 1.29 is 8.42 Å². The lowest BCUT2D eigenvalue weighted by Crippen LogP contribution is -2.03. The van der Waals surface area contributed by atoms with Gasteiger partial charge in [0.05, 0.1) is 10.6 Å². The fourth-order valence-electron chi connectivity index (χ4n) is 1.32. The van der Waals surface area contributed by atoms with Gasteiger partial charge in [-0.1, -0.05) is 32.4 Å². The SMILES string of the molecule is CCCc1ccc(S(=O)(=O)CC)cc1. The zero-order valence-corrected chi connectivity index (χ0v) is 9.47. The number of sulfone groups is 1. The van der Waals surface area contributed by atoms with Gasteiger partial charge in [-0.2, -0.15) is 0 Å². The fraction of sp³-hybridized carbons (Fsp3) is 0.455. The van der Waals surface area contributed by atoms with E-state index in [1.807, 2.05) is 12.1 Å². The van der Waals surface area contributed by atoms with Crippen LogP contribution in [-0.4, -0.2) is 14.2 Å². The van der Waals surface area contributed by atoms with E-state index in [1.54, 1.807) is 19.1 Å². The van der Waals surface area contributed by atoms with Crippen LogP contribution >= 0.6 is 0 Å². The Morgan fingerprint density at radius 1 is 1.07 bits per heavy atom. The normalized spacial score (nSPS) is 11.6. The highest BCUT2D eigenvalue weighted by Crippen LogP contribution is 2.13. The molecule has 14 heavy (non-hydrogen) atoms. The molecule has 2 nitrogen and oxygen atoms in total. The van der Waals surface area contributed by atoms with Gasteiger partial charge in [0.1, 0.15) is 0 Å². The Hall–Kier alpha value is -0.830. The summed E-state index contributed by atoms with van der Waals surface area (Å²) in [5.74, 6) is 0.167. The van der Waals surface area contributed by atoms with E-state index in [9.17, 15) is 8.42 Å². The van der Waals surface area contributed by atoms with Crippen LogP contribution in [0.2, 0.25) is 0 Å². The molecule has 3 heteroatoms. The minimum atomic E-state index is -3.03. The fourth-order valence-corrected chi connectivity index (χ4v) is 2.20. The molecule has 0 heterocycles. The summed E-state index contributed by atoms with van der Waals surface area (Å²) in [6, 6.07) is 7.19. The van der Waals surface area contributed by atoms with Crippen LogP contribution in [0.3, 0.4) is 0 Å². The van der Waals surface area contributed by atoms with E-state index < -0.39 is 9.84 Å². The summed E-state index contributed by atoms with van der Waals surface area (Å²) >= 11 is 0. The van der Waals surface area contributed by atoms with Gasteiger partial charge in [0.25, 0.3) is 0 Å². The Morgan fingerprint density at radius 2 is 1.64 bits per heavy atom. The second kappa shape index (κ2) is 4.60. The molecule has 0 aromatic heterocycles. The molecule has 0 radical (unpaired) electrons. The zero-order chi connectivity index (χ0) is 10.6. The van der Waals surface area contributed by atoms with Crippen molar-refractivity contribution in [1.82, 2.24) is 0 Å². The minimum absolute atomic E-state index is 0.167. The highest BCUT2D eigenvalue weighted by atomic mass is 32.2. The predicted octanol–water partition coefficient (Wildman–Crippen LogP) is 2.43. The van der Waals surface area contributed by atoms with E-state index in [1.165, 1.54) is 5.56 Å². The average molecular weight is 212 g/mol. The number of hydrogen-bond donors (Lipinski definition) is 0. The van der Waals surface area contributed by atoms with E-state index in [0.29, 0.717) is 4.90 Å². The molecule has 78 valence electrons. The van der Waals surface area contributed by atoms with E-state index in [2.05, 4.69) is 6.92 Å². The third-order valence-corrected chi connectivity index (χ3v) is 3.95. The third-order valence-electron chi connectivity index (χ3n) is 2.20. The van der Waals surface area contributed by atoms with Gasteiger partial charge in [-0.15, -0.1) is 0 Å². The average Bonchev–Trinajstić information content (AvgIpc) is 2.19. The van der Waals surface area contributed by atoms with Crippen LogP contribution < -0.4 is 0 Å². The van der Waals surface area contributed by atoms with E-state index in [4.69, 9.17) is 0 Å². The molecule has 0 N–H and O–H groups in total. The molecule has 0 spiro atoms. The molecule has 0 unspecified atom stereocenters. The van der Waals surface area contributed by atoms with Gasteiger partial charge in [0.15, 0.2) is 9.84 Å². The quantitative estimate of drug-likeness (QED) is 0.768. The molecule has 1 aromatic carbocycles. The molecular weight excluding hydrogens is 196 g/mol. The number of rotatable bonds is 4. The first-order chi connectivity index (χ1) is 6.60. The van der Waals surface area contributed by atoms with Crippen LogP contribution in [0.15, 0.2) is 29.2 Å². The first kappa shape index (κ1) is 11.2. The van der Waals surface area contributed by atoms with Gasteiger partial charge in [0.2, 0.25) is 0 Å². The van der Waals surface area contributed by atoms with Crippen LogP contribution in [0.5, 0.6) is 0 Å². The lowest BCUT2D eigenvalue weighted by atomic mass is 10.1. The van der Waals surface area contributed by atoms with E-state index in [0.717, 1.165) is 12.8 Å². The Balaban J connectivity index is 2.94. The highest BCUT2D eigenvalue weighted by Gasteiger charge is 2.10. The first-order valence-corrected chi connectivity index (χ1v) is 6.57. The lowest BCUT2D eigenvalue weighted by molar-refractivity contribution is 0.597. The van der Waals surface area contributed by atoms with E-state index >= 15 is 0 Å². The highest BCUT2D eigenvalue weighted by molar-refractivity contribution is 7.91. The summed E-state index contributed by atoms with van der Waals surface area (Å²) in [5.41, 5.74) is 1.20. The summed E-state index contributed by atoms with van der Waals surface area (Å²) in [4.78, 5) is 0.430. The van der Waals surface area contributed by atoms with Gasteiger partial charge < -0.3 is 0 Å². The van der Waals surface area contributed by atoms with Gasteiger partial charge in [-0.05, 0) is 24.1 Å². The molecule has 1 rings (SSSR count). The second-order valence-corrected chi connectivity index (χ2v) is 5.58. The number of benzene rings is 1. The maximum absolute atomic E-state index is 11.5. The standard InChI is InChI=1S/C11H16O2S/c1-3-5-10-6-8-11(9-7-10)14(12,13)4-2/h6-9H,3-5H2,1-2H3. The predicted molar refractivity (Wildman–Crippen MR) is 58.2 cm³/mol. The van der Waals surface area contributed by atoms with Crippen molar-refractivity contribution in [2.75, 3.05) is 5.75 Å². The molecule has 1 aromatic rings. The van der Waals surface area contributed by atoms with Crippen molar-refractivity contribution in [2.45, 2.75) is 31.6 Å². The van der Waals surface area contributed by atoms with E-state index in [-0.39, 0.29) is 5.75 Å². The van der Waals surface area contributed by atoms with Crippen LogP contribution in [0.25, 0.3) is 0 Å². The molecule has 0 saturated heterocycles. The summed E-state index contributed by atoms with van der Waals surface area (Å²) in [6.07, 6.45) is 2.09. The van der Waals surface area contributed by atoms with Crippen LogP contribution in [0, 0.1) is 0 Å². The van der Waals surface area contributed by atoms with Crippen LogP contribution in [-0.2, 0) is 16.3 Å². The minimum Gasteiger partial charge on any atom is -0.224 e. The Labute approximate surface area is 85.9 Å². The molecule has 0 aliphatic heterocycles. The second-order valence-electron chi connectivity index (χ2n) is 3.30. The summed E-state index contributed by atoms with van der Waals surface area (Å²) in [6.45, 7) is 3.77. The van der Waals surface area contributed by atoms with Crippen molar-refractivity contribution in [3.05, 3.63) is 29.8 Å². The largest absolute Gasteiger partial charge is 0.224 e. The van der Waals surface area contributed by atoms with Crippen molar-refractivity contribution in [3.8, 4) is 0 Å². The summed E-state index contributed by atoms with van der Waals surface area (Å²) < 4.78 is 22.9. The van der Waals surface area contributed by atoms with Crippen molar-refractivity contribution >= 4 is 9.84 Å². The Kier molecular flexibility index (Phi) is 3.69. The lowest BCUT2D eigenvalue weighted by Gasteiger charge is -2.02. The Morgan fingerprint density at radius 3 is 2.07 bits per heavy atom. The first-order valence-electron chi connectivity index (χ1n) is 4.92. The van der Waals surface area contributed by atoms with Crippen LogP contribution in [0.4, 0.5) is 0 Å². The topological polar surface area (TPSA) is 34.1 Å². The molecular formula is C11H16O2S. The smallest absolute Gasteiger partial charge is 0.178 e. The number of aryl methyl sites for hydroxylation is 1. The van der Waals surface area contributed by atoms with Gasteiger partial charge in [0, 0.05) is 0 Å². The maximum atomic E-state index is 11.5. The molecule has 0 atom stereocenters. The zero-order valence-electron chi connectivity index (χ0n) is 8.66. The molecule has 0 bridgehead atoms. The molecule has 0 amide bonds. The van der Waals surface area contributed by atoms with Crippen LogP contribution in [0.1, 0.15) is 25.8 Å². The maximum Gasteiger partial charge on any atom is 0.178 e. The summed E-state index contributed by atoms with van der Waals surface area (Å²) in [7, 11) is -3.03. The molecule has 0 fully saturated rings. The van der Waals surface area contributed by atoms with Gasteiger partial charge in [-0.3, -0.25) is 0 Å². The van der Waals surface area contributed by atoms with Gasteiger partial charge in [-0.25, -0.2) is 8.42 Å². The number of hydrogen-bond acceptors (Lipinski definition) is 2. The third kappa shape index (κ3) is 2.58. The van der Waals surface area contributed by atoms with Crippen molar-refractivity contribution in [2.24, 2.45) is 0 Å². The molecule has 0 aliphatic rings. The van der Waals surface area contributed by atoms with Crippen molar-refractivity contribution in [1.29, 1.82) is 0 Å². The molecule has 0 aliphatic carbocycles.